The average molecular weight is 209 g/mol. The van der Waals surface area contributed by atoms with Crippen LogP contribution in [0.4, 0.5) is 0 Å². The summed E-state index contributed by atoms with van der Waals surface area (Å²) in [6, 6.07) is 1.88. The molecule has 1 aliphatic rings. The molecule has 0 aromatic carbocycles. The van der Waals surface area contributed by atoms with Gasteiger partial charge in [0, 0.05) is 6.54 Å². The van der Waals surface area contributed by atoms with Crippen molar-refractivity contribution in [2.24, 2.45) is 5.41 Å². The molecular weight excluding hydrogens is 190 g/mol. The van der Waals surface area contributed by atoms with Crippen LogP contribution in [0, 0.1) is 16.7 Å². The minimum atomic E-state index is -0.0953. The Morgan fingerprint density at radius 1 is 1.53 bits per heavy atom. The van der Waals surface area contributed by atoms with Gasteiger partial charge in [-0.15, -0.1) is 0 Å². The van der Waals surface area contributed by atoms with Gasteiger partial charge < -0.3 is 10.6 Å². The first-order chi connectivity index (χ1) is 7.22. The summed E-state index contributed by atoms with van der Waals surface area (Å²) in [5.74, 6) is -0.0953. The fraction of sp³-hybridized carbons (Fsp3) is 0.818. The molecule has 84 valence electrons. The van der Waals surface area contributed by atoms with Gasteiger partial charge in [-0.25, -0.2) is 0 Å². The third kappa shape index (κ3) is 3.52. The molecule has 1 amide bonds. The van der Waals surface area contributed by atoms with Crippen molar-refractivity contribution in [3.63, 3.8) is 0 Å². The summed E-state index contributed by atoms with van der Waals surface area (Å²) in [5, 5.41) is 13.9. The number of nitrogens with one attached hydrogen (secondary N) is 2. The van der Waals surface area contributed by atoms with Crippen LogP contribution in [-0.4, -0.2) is 25.5 Å². The van der Waals surface area contributed by atoms with Crippen LogP contribution in [0.1, 0.15) is 32.6 Å². The summed E-state index contributed by atoms with van der Waals surface area (Å²) in [7, 11) is 0. The van der Waals surface area contributed by atoms with E-state index in [0.717, 1.165) is 6.54 Å². The second kappa shape index (κ2) is 5.72. The van der Waals surface area contributed by atoms with Crippen molar-refractivity contribution in [1.82, 2.24) is 10.6 Å². The number of rotatable bonds is 6. The largest absolute Gasteiger partial charge is 0.342 e. The summed E-state index contributed by atoms with van der Waals surface area (Å²) in [5.41, 5.74) is 0.440. The standard InChI is InChI=1S/C11H19N3O/c1-2-11(4-3-5-11)9-13-8-10(15)14-7-6-12/h13H,2-5,7-9H2,1H3,(H,14,15). The van der Waals surface area contributed by atoms with Gasteiger partial charge in [-0.05, 0) is 24.7 Å². The third-order valence-electron chi connectivity index (χ3n) is 3.31. The second-order valence-corrected chi connectivity index (χ2v) is 4.25. The molecule has 0 bridgehead atoms. The van der Waals surface area contributed by atoms with Crippen LogP contribution >= 0.6 is 0 Å². The van der Waals surface area contributed by atoms with Gasteiger partial charge in [0.15, 0.2) is 0 Å². The summed E-state index contributed by atoms with van der Waals surface area (Å²) in [6.45, 7) is 3.54. The topological polar surface area (TPSA) is 64.9 Å². The predicted molar refractivity (Wildman–Crippen MR) is 58.1 cm³/mol. The SMILES string of the molecule is CCC1(CNCC(=O)NCC#N)CCC1. The Kier molecular flexibility index (Phi) is 4.57. The Hall–Kier alpha value is -1.08. The van der Waals surface area contributed by atoms with Crippen LogP contribution in [0.5, 0.6) is 0 Å². The number of carbonyl (C=O) groups excluding carboxylic acids is 1. The molecule has 0 aromatic heterocycles. The maximum atomic E-state index is 11.2. The van der Waals surface area contributed by atoms with Crippen LogP contribution in [-0.2, 0) is 4.79 Å². The fourth-order valence-corrected chi connectivity index (χ4v) is 1.97. The van der Waals surface area contributed by atoms with E-state index in [1.165, 1.54) is 25.7 Å². The van der Waals surface area contributed by atoms with Crippen molar-refractivity contribution in [3.8, 4) is 6.07 Å². The van der Waals surface area contributed by atoms with Crippen LogP contribution in [0.2, 0.25) is 0 Å². The molecule has 1 aliphatic carbocycles. The highest BCUT2D eigenvalue weighted by molar-refractivity contribution is 5.78. The molecule has 1 rings (SSSR count). The molecule has 1 fully saturated rings. The minimum Gasteiger partial charge on any atom is -0.342 e. The van der Waals surface area contributed by atoms with Crippen molar-refractivity contribution in [3.05, 3.63) is 0 Å². The molecule has 2 N–H and O–H groups in total. The smallest absolute Gasteiger partial charge is 0.234 e. The molecule has 4 nitrogen and oxygen atoms in total. The van der Waals surface area contributed by atoms with Crippen LogP contribution in [0.3, 0.4) is 0 Å². The zero-order chi connectivity index (χ0) is 11.1. The normalized spacial score (nSPS) is 17.6. The highest BCUT2D eigenvalue weighted by Gasteiger charge is 2.34. The van der Waals surface area contributed by atoms with E-state index < -0.39 is 0 Å². The van der Waals surface area contributed by atoms with E-state index in [2.05, 4.69) is 17.6 Å². The highest BCUT2D eigenvalue weighted by Crippen LogP contribution is 2.42. The lowest BCUT2D eigenvalue weighted by atomic mass is 9.67. The summed E-state index contributed by atoms with van der Waals surface area (Å²) < 4.78 is 0. The molecule has 0 spiro atoms. The Morgan fingerprint density at radius 2 is 2.27 bits per heavy atom. The Balaban J connectivity index is 2.10. The van der Waals surface area contributed by atoms with Crippen LogP contribution < -0.4 is 10.6 Å². The summed E-state index contributed by atoms with van der Waals surface area (Å²) in [4.78, 5) is 11.2. The number of hydrogen-bond acceptors (Lipinski definition) is 3. The van der Waals surface area contributed by atoms with Crippen LogP contribution in [0.25, 0.3) is 0 Å². The van der Waals surface area contributed by atoms with Crippen molar-refractivity contribution in [1.29, 1.82) is 5.26 Å². The molecule has 0 heterocycles. The van der Waals surface area contributed by atoms with Gasteiger partial charge in [0.1, 0.15) is 6.54 Å². The van der Waals surface area contributed by atoms with Crippen molar-refractivity contribution < 1.29 is 4.79 Å². The van der Waals surface area contributed by atoms with E-state index in [4.69, 9.17) is 5.26 Å². The molecule has 15 heavy (non-hydrogen) atoms. The molecule has 4 heteroatoms. The van der Waals surface area contributed by atoms with E-state index in [1.807, 2.05) is 6.07 Å². The van der Waals surface area contributed by atoms with Gasteiger partial charge in [0.25, 0.3) is 0 Å². The molecule has 0 aromatic rings. The van der Waals surface area contributed by atoms with Gasteiger partial charge in [0.2, 0.25) is 5.91 Å². The monoisotopic (exact) mass is 209 g/mol. The zero-order valence-electron chi connectivity index (χ0n) is 9.31. The third-order valence-corrected chi connectivity index (χ3v) is 3.31. The first kappa shape index (κ1) is 12.0. The molecule has 0 atom stereocenters. The van der Waals surface area contributed by atoms with E-state index in [0.29, 0.717) is 12.0 Å². The lowest BCUT2D eigenvalue weighted by Gasteiger charge is -2.41. The van der Waals surface area contributed by atoms with Crippen molar-refractivity contribution in [2.45, 2.75) is 32.6 Å². The van der Waals surface area contributed by atoms with E-state index in [9.17, 15) is 4.79 Å². The number of amides is 1. The first-order valence-electron chi connectivity index (χ1n) is 5.57. The van der Waals surface area contributed by atoms with Crippen molar-refractivity contribution >= 4 is 5.91 Å². The van der Waals surface area contributed by atoms with Gasteiger partial charge in [-0.3, -0.25) is 4.79 Å². The molecule has 1 saturated carbocycles. The van der Waals surface area contributed by atoms with E-state index in [1.54, 1.807) is 0 Å². The lowest BCUT2D eigenvalue weighted by Crippen LogP contribution is -2.43. The molecule has 0 saturated heterocycles. The average Bonchev–Trinajstić information content (AvgIpc) is 2.19. The Bertz CT molecular complexity index is 248. The first-order valence-corrected chi connectivity index (χ1v) is 5.57. The Labute approximate surface area is 91.0 Å². The Morgan fingerprint density at radius 3 is 2.73 bits per heavy atom. The van der Waals surface area contributed by atoms with E-state index >= 15 is 0 Å². The van der Waals surface area contributed by atoms with Crippen molar-refractivity contribution in [2.75, 3.05) is 19.6 Å². The maximum absolute atomic E-state index is 11.2. The van der Waals surface area contributed by atoms with Gasteiger partial charge in [-0.1, -0.05) is 13.3 Å². The summed E-state index contributed by atoms with van der Waals surface area (Å²) in [6.07, 6.45) is 5.04. The number of nitriles is 1. The number of carbonyl (C=O) groups is 1. The molecule has 0 unspecified atom stereocenters. The zero-order valence-corrected chi connectivity index (χ0v) is 9.31. The van der Waals surface area contributed by atoms with Crippen LogP contribution in [0.15, 0.2) is 0 Å². The quantitative estimate of drug-likeness (QED) is 0.636. The predicted octanol–water partition coefficient (Wildman–Crippen LogP) is 0.796. The van der Waals surface area contributed by atoms with E-state index in [-0.39, 0.29) is 12.5 Å². The van der Waals surface area contributed by atoms with Gasteiger partial charge >= 0.3 is 0 Å². The number of nitrogens with zero attached hydrogens (tertiary/aromatic N) is 1. The maximum Gasteiger partial charge on any atom is 0.234 e. The summed E-state index contributed by atoms with van der Waals surface area (Å²) >= 11 is 0. The minimum absolute atomic E-state index is 0.0953. The molecule has 0 aliphatic heterocycles. The highest BCUT2D eigenvalue weighted by atomic mass is 16.1. The number of hydrogen-bond donors (Lipinski definition) is 2. The van der Waals surface area contributed by atoms with Gasteiger partial charge in [0.05, 0.1) is 12.6 Å². The fourth-order valence-electron chi connectivity index (χ4n) is 1.97. The lowest BCUT2D eigenvalue weighted by molar-refractivity contribution is -0.120. The van der Waals surface area contributed by atoms with Gasteiger partial charge in [-0.2, -0.15) is 5.26 Å². The molecular formula is C11H19N3O. The second-order valence-electron chi connectivity index (χ2n) is 4.25. The molecule has 0 radical (unpaired) electrons.